The van der Waals surface area contributed by atoms with Gasteiger partial charge in [-0.25, -0.2) is 13.1 Å². The van der Waals surface area contributed by atoms with Crippen molar-refractivity contribution in [2.45, 2.75) is 18.4 Å². The van der Waals surface area contributed by atoms with Gasteiger partial charge in [0, 0.05) is 38.1 Å². The zero-order chi connectivity index (χ0) is 18.2. The Morgan fingerprint density at radius 2 is 2.04 bits per heavy atom. The molecule has 1 saturated heterocycles. The number of amides is 1. The number of hydrogen-bond acceptors (Lipinski definition) is 5. The van der Waals surface area contributed by atoms with Crippen LogP contribution in [-0.2, 0) is 14.8 Å². The summed E-state index contributed by atoms with van der Waals surface area (Å²) in [5, 5.41) is 20.4. The van der Waals surface area contributed by atoms with Crippen molar-refractivity contribution in [2.24, 2.45) is 11.3 Å². The highest BCUT2D eigenvalue weighted by atomic mass is 32.2. The molecule has 7 nitrogen and oxygen atoms in total. The molecule has 1 spiro atoms. The van der Waals surface area contributed by atoms with Crippen molar-refractivity contribution in [1.82, 2.24) is 9.62 Å². The quantitative estimate of drug-likeness (QED) is 0.629. The van der Waals surface area contributed by atoms with E-state index >= 15 is 0 Å². The molecular formula is C17H24N2O5S. The molecule has 0 aromatic heterocycles. The Morgan fingerprint density at radius 3 is 2.64 bits per heavy atom. The van der Waals surface area contributed by atoms with Crippen LogP contribution in [0.25, 0.3) is 0 Å². The maximum Gasteiger partial charge on any atom is 0.223 e. The lowest BCUT2D eigenvalue weighted by Gasteiger charge is -2.17. The molecule has 0 unspecified atom stereocenters. The molecule has 1 aliphatic heterocycles. The number of aliphatic hydroxyl groups excluding tert-OH is 2. The van der Waals surface area contributed by atoms with Gasteiger partial charge in [-0.15, -0.1) is 0 Å². The number of rotatable bonds is 6. The molecule has 1 heterocycles. The number of nitrogens with zero attached hydrogens (tertiary/aromatic N) is 1. The minimum atomic E-state index is -3.33. The highest BCUT2D eigenvalue weighted by molar-refractivity contribution is 7.88. The van der Waals surface area contributed by atoms with E-state index in [4.69, 9.17) is 0 Å². The molecule has 3 rings (SSSR count). The number of aliphatic hydroxyl groups is 2. The maximum absolute atomic E-state index is 12.3. The number of carbonyl (C=O) groups is 1. The molecule has 0 radical (unpaired) electrons. The van der Waals surface area contributed by atoms with Crippen molar-refractivity contribution < 1.29 is 23.4 Å². The van der Waals surface area contributed by atoms with E-state index in [1.807, 2.05) is 30.3 Å². The number of nitrogens with one attached hydrogen (secondary N) is 1. The van der Waals surface area contributed by atoms with Crippen LogP contribution in [0.15, 0.2) is 30.3 Å². The molecule has 0 bridgehead atoms. The van der Waals surface area contributed by atoms with Gasteiger partial charge >= 0.3 is 0 Å². The van der Waals surface area contributed by atoms with Gasteiger partial charge < -0.3 is 15.1 Å². The fourth-order valence-electron chi connectivity index (χ4n) is 4.26. The average molecular weight is 368 g/mol. The van der Waals surface area contributed by atoms with Gasteiger partial charge in [0.1, 0.15) is 0 Å². The first-order valence-electron chi connectivity index (χ1n) is 8.36. The van der Waals surface area contributed by atoms with Crippen molar-refractivity contribution >= 4 is 15.9 Å². The molecule has 1 aromatic carbocycles. The lowest BCUT2D eigenvalue weighted by molar-refractivity contribution is -0.130. The van der Waals surface area contributed by atoms with E-state index < -0.39 is 21.5 Å². The number of carbonyl (C=O) groups excluding carboxylic acids is 1. The average Bonchev–Trinajstić information content (AvgIpc) is 3.09. The van der Waals surface area contributed by atoms with E-state index in [0.29, 0.717) is 6.54 Å². The monoisotopic (exact) mass is 368 g/mol. The normalized spacial score (nSPS) is 31.5. The number of sulfonamides is 1. The van der Waals surface area contributed by atoms with E-state index in [2.05, 4.69) is 4.72 Å². The Hall–Kier alpha value is -1.48. The molecule has 1 aromatic rings. The van der Waals surface area contributed by atoms with Crippen molar-refractivity contribution in [2.75, 3.05) is 32.5 Å². The molecule has 1 saturated carbocycles. The highest BCUT2D eigenvalue weighted by Gasteiger charge is 2.71. The fraction of sp³-hybridized carbons (Fsp3) is 0.588. The summed E-state index contributed by atoms with van der Waals surface area (Å²) in [6.45, 7) is 0.616. The summed E-state index contributed by atoms with van der Waals surface area (Å²) < 4.78 is 24.5. The first kappa shape index (κ1) is 18.3. The first-order chi connectivity index (χ1) is 11.8. The largest absolute Gasteiger partial charge is 0.396 e. The Bertz CT molecular complexity index is 739. The number of likely N-dealkylation sites (tertiary alicyclic amines) is 1. The Labute approximate surface area is 147 Å². The zero-order valence-corrected chi connectivity index (χ0v) is 14.9. The molecule has 25 heavy (non-hydrogen) atoms. The van der Waals surface area contributed by atoms with Crippen LogP contribution in [0.3, 0.4) is 0 Å². The predicted octanol–water partition coefficient (Wildman–Crippen LogP) is -0.479. The van der Waals surface area contributed by atoms with Gasteiger partial charge in [0.2, 0.25) is 15.9 Å². The fourth-order valence-corrected chi connectivity index (χ4v) is 4.73. The molecule has 138 valence electrons. The van der Waals surface area contributed by atoms with E-state index in [0.717, 1.165) is 11.8 Å². The van der Waals surface area contributed by atoms with Crippen LogP contribution >= 0.6 is 0 Å². The van der Waals surface area contributed by atoms with Crippen LogP contribution in [0.5, 0.6) is 0 Å². The SMILES string of the molecule is CS(=O)(=O)NCCC(=O)N1C[C@@H](O)[C@@]2(C1)[C@H](CO)[C@H]2c1ccccc1. The van der Waals surface area contributed by atoms with E-state index in [-0.39, 0.29) is 43.9 Å². The van der Waals surface area contributed by atoms with Crippen molar-refractivity contribution in [3.8, 4) is 0 Å². The highest BCUT2D eigenvalue weighted by Crippen LogP contribution is 2.68. The van der Waals surface area contributed by atoms with E-state index in [9.17, 15) is 23.4 Å². The molecule has 1 aliphatic carbocycles. The van der Waals surface area contributed by atoms with Crippen LogP contribution in [0, 0.1) is 11.3 Å². The zero-order valence-electron chi connectivity index (χ0n) is 14.1. The van der Waals surface area contributed by atoms with Crippen molar-refractivity contribution in [1.29, 1.82) is 0 Å². The van der Waals surface area contributed by atoms with Gasteiger partial charge in [-0.1, -0.05) is 30.3 Å². The predicted molar refractivity (Wildman–Crippen MR) is 92.2 cm³/mol. The lowest BCUT2D eigenvalue weighted by atomic mass is 9.95. The first-order valence-corrected chi connectivity index (χ1v) is 10.2. The minimum Gasteiger partial charge on any atom is -0.396 e. The summed E-state index contributed by atoms with van der Waals surface area (Å²) in [6, 6.07) is 9.74. The minimum absolute atomic E-state index is 0.0284. The second-order valence-electron chi connectivity index (χ2n) is 7.00. The van der Waals surface area contributed by atoms with Gasteiger partial charge in [0.25, 0.3) is 0 Å². The Morgan fingerprint density at radius 1 is 1.36 bits per heavy atom. The van der Waals surface area contributed by atoms with Gasteiger partial charge in [0.15, 0.2) is 0 Å². The molecule has 2 aliphatic rings. The topological polar surface area (TPSA) is 107 Å². The van der Waals surface area contributed by atoms with Crippen LogP contribution in [0.2, 0.25) is 0 Å². The summed E-state index contributed by atoms with van der Waals surface area (Å²) in [5.74, 6) is -0.236. The molecule has 8 heteroatoms. The summed E-state index contributed by atoms with van der Waals surface area (Å²) in [7, 11) is -3.33. The third kappa shape index (κ3) is 3.44. The smallest absolute Gasteiger partial charge is 0.223 e. The van der Waals surface area contributed by atoms with Crippen LogP contribution in [0.4, 0.5) is 0 Å². The Balaban J connectivity index is 1.68. The van der Waals surface area contributed by atoms with Gasteiger partial charge in [-0.05, 0) is 17.4 Å². The number of β-amino-alcohol motifs (C(OH)–C–C–N with tert-alkyl or cyclic N) is 1. The van der Waals surface area contributed by atoms with Crippen molar-refractivity contribution in [3.05, 3.63) is 35.9 Å². The third-order valence-corrected chi connectivity index (χ3v) is 6.18. The second kappa shape index (κ2) is 6.68. The lowest BCUT2D eigenvalue weighted by Crippen LogP contribution is -2.33. The summed E-state index contributed by atoms with van der Waals surface area (Å²) in [6.07, 6.45) is 0.407. The van der Waals surface area contributed by atoms with Gasteiger partial charge in [-0.3, -0.25) is 4.79 Å². The third-order valence-electron chi connectivity index (χ3n) is 5.45. The maximum atomic E-state index is 12.3. The molecule has 3 N–H and O–H groups in total. The number of benzene rings is 1. The Kier molecular flexibility index (Phi) is 4.89. The van der Waals surface area contributed by atoms with Crippen LogP contribution in [0.1, 0.15) is 17.9 Å². The summed E-state index contributed by atoms with van der Waals surface area (Å²) in [4.78, 5) is 13.9. The second-order valence-corrected chi connectivity index (χ2v) is 8.83. The van der Waals surface area contributed by atoms with Crippen LogP contribution < -0.4 is 4.72 Å². The summed E-state index contributed by atoms with van der Waals surface area (Å²) in [5.41, 5.74) is 0.560. The van der Waals surface area contributed by atoms with Crippen molar-refractivity contribution in [3.63, 3.8) is 0 Å². The molecule has 1 amide bonds. The summed E-state index contributed by atoms with van der Waals surface area (Å²) >= 11 is 0. The van der Waals surface area contributed by atoms with Crippen LogP contribution in [-0.4, -0.2) is 68.0 Å². The van der Waals surface area contributed by atoms with E-state index in [1.165, 1.54) is 0 Å². The van der Waals surface area contributed by atoms with E-state index in [1.54, 1.807) is 4.90 Å². The molecular weight excluding hydrogens is 344 g/mol. The molecule has 2 fully saturated rings. The molecule has 4 atom stereocenters. The standard InChI is InChI=1S/C17H24N2O5S/c1-25(23,24)18-8-7-15(22)19-9-14(21)17(11-19)13(10-20)16(17)12-5-3-2-4-6-12/h2-6,13-14,16,18,20-21H,7-11H2,1H3/t13-,14-,16-,17-/m1/s1. The van der Waals surface area contributed by atoms with Gasteiger partial charge in [0.05, 0.1) is 12.4 Å². The van der Waals surface area contributed by atoms with Gasteiger partial charge in [-0.2, -0.15) is 0 Å². The number of hydrogen-bond donors (Lipinski definition) is 3.